The quantitative estimate of drug-likeness (QED) is 0.775. The van der Waals surface area contributed by atoms with Crippen LogP contribution >= 0.6 is 11.3 Å². The lowest BCUT2D eigenvalue weighted by molar-refractivity contribution is -0.146. The van der Waals surface area contributed by atoms with Gasteiger partial charge in [0, 0.05) is 4.88 Å². The number of nitrogens with two attached hydrogens (primary N) is 1. The van der Waals surface area contributed by atoms with E-state index in [4.69, 9.17) is 10.5 Å². The molecule has 6 heteroatoms. The number of hydrogen-bond donors (Lipinski definition) is 2. The van der Waals surface area contributed by atoms with Gasteiger partial charge in [-0.05, 0) is 17.4 Å². The van der Waals surface area contributed by atoms with E-state index in [1.807, 2.05) is 25.3 Å². The second-order valence-electron chi connectivity index (χ2n) is 4.39. The lowest BCUT2D eigenvalue weighted by Gasteiger charge is -2.23. The van der Waals surface area contributed by atoms with E-state index in [0.29, 0.717) is 0 Å². The Morgan fingerprint density at radius 2 is 2.21 bits per heavy atom. The first kappa shape index (κ1) is 15.7. The first-order chi connectivity index (χ1) is 9.01. The van der Waals surface area contributed by atoms with E-state index in [1.54, 1.807) is 6.07 Å². The van der Waals surface area contributed by atoms with Crippen LogP contribution in [0.15, 0.2) is 17.5 Å². The summed E-state index contributed by atoms with van der Waals surface area (Å²) in [4.78, 5) is 24.5. The van der Waals surface area contributed by atoms with Crippen molar-refractivity contribution in [1.82, 2.24) is 5.32 Å². The van der Waals surface area contributed by atoms with E-state index in [-0.39, 0.29) is 11.8 Å². The van der Waals surface area contributed by atoms with Crippen LogP contribution in [0.3, 0.4) is 0 Å². The van der Waals surface area contributed by atoms with E-state index in [9.17, 15) is 9.59 Å². The number of amides is 1. The van der Waals surface area contributed by atoms with Gasteiger partial charge in [-0.3, -0.25) is 4.79 Å². The minimum absolute atomic E-state index is 0.00747. The third-order valence-electron chi connectivity index (χ3n) is 3.10. The van der Waals surface area contributed by atoms with Crippen molar-refractivity contribution in [1.29, 1.82) is 0 Å². The second kappa shape index (κ2) is 7.25. The predicted octanol–water partition coefficient (Wildman–Crippen LogP) is 1.45. The molecule has 3 unspecified atom stereocenters. The van der Waals surface area contributed by atoms with Crippen molar-refractivity contribution >= 4 is 23.2 Å². The summed E-state index contributed by atoms with van der Waals surface area (Å²) in [7, 11) is 1.31. The molecule has 1 aromatic heterocycles. The van der Waals surface area contributed by atoms with Crippen molar-refractivity contribution in [3.05, 3.63) is 22.4 Å². The molecule has 0 saturated carbocycles. The molecule has 5 nitrogen and oxygen atoms in total. The van der Waals surface area contributed by atoms with Crippen LogP contribution in [0, 0.1) is 5.92 Å². The molecule has 106 valence electrons. The molecule has 0 spiro atoms. The van der Waals surface area contributed by atoms with Crippen LogP contribution in [0.2, 0.25) is 0 Å². The maximum Gasteiger partial charge on any atom is 0.328 e. The van der Waals surface area contributed by atoms with Gasteiger partial charge in [0.1, 0.15) is 12.1 Å². The summed E-state index contributed by atoms with van der Waals surface area (Å²) in [6.45, 7) is 3.84. The van der Waals surface area contributed by atoms with Gasteiger partial charge >= 0.3 is 5.97 Å². The molecule has 0 aliphatic heterocycles. The zero-order valence-electron chi connectivity index (χ0n) is 11.4. The third-order valence-corrected chi connectivity index (χ3v) is 4.05. The molecule has 1 rings (SSSR count). The van der Waals surface area contributed by atoms with Gasteiger partial charge < -0.3 is 15.8 Å². The summed E-state index contributed by atoms with van der Waals surface area (Å²) >= 11 is 1.41. The van der Waals surface area contributed by atoms with Crippen molar-refractivity contribution < 1.29 is 14.3 Å². The molecule has 0 aromatic carbocycles. The fraction of sp³-hybridized carbons (Fsp3) is 0.538. The number of thiophene rings is 1. The first-order valence-electron chi connectivity index (χ1n) is 6.18. The number of esters is 1. The lowest BCUT2D eigenvalue weighted by Crippen LogP contribution is -2.48. The predicted molar refractivity (Wildman–Crippen MR) is 74.6 cm³/mol. The van der Waals surface area contributed by atoms with Gasteiger partial charge in [-0.25, -0.2) is 4.79 Å². The molecule has 0 radical (unpaired) electrons. The molecule has 0 fully saturated rings. The highest BCUT2D eigenvalue weighted by Gasteiger charge is 2.29. The Kier molecular flexibility index (Phi) is 5.98. The van der Waals surface area contributed by atoms with Gasteiger partial charge in [0.2, 0.25) is 5.91 Å². The van der Waals surface area contributed by atoms with Crippen molar-refractivity contribution in [3.8, 4) is 0 Å². The first-order valence-corrected chi connectivity index (χ1v) is 7.06. The standard InChI is InChI=1S/C13H20N2O3S/c1-4-8(2)11(13(17)18-3)15-12(16)10(14)9-6-5-7-19-9/h5-8,10-11H,4,14H2,1-3H3,(H,15,16). The Morgan fingerprint density at radius 3 is 2.68 bits per heavy atom. The number of methoxy groups -OCH3 is 1. The fourth-order valence-electron chi connectivity index (χ4n) is 1.64. The van der Waals surface area contributed by atoms with Crippen LogP contribution in [-0.2, 0) is 14.3 Å². The molecule has 3 atom stereocenters. The van der Waals surface area contributed by atoms with Gasteiger partial charge in [0.15, 0.2) is 0 Å². The van der Waals surface area contributed by atoms with Gasteiger partial charge in [0.05, 0.1) is 7.11 Å². The molecule has 0 aliphatic rings. The topological polar surface area (TPSA) is 81.4 Å². The van der Waals surface area contributed by atoms with Crippen LogP contribution < -0.4 is 11.1 Å². The zero-order chi connectivity index (χ0) is 14.4. The molecule has 0 aliphatic carbocycles. The zero-order valence-corrected chi connectivity index (χ0v) is 12.2. The molecule has 3 N–H and O–H groups in total. The molecule has 1 heterocycles. The van der Waals surface area contributed by atoms with Crippen molar-refractivity contribution in [3.63, 3.8) is 0 Å². The maximum atomic E-state index is 12.1. The van der Waals surface area contributed by atoms with Gasteiger partial charge in [0.25, 0.3) is 0 Å². The molecule has 1 amide bonds. The smallest absolute Gasteiger partial charge is 0.328 e. The van der Waals surface area contributed by atoms with E-state index in [1.165, 1.54) is 18.4 Å². The molecule has 0 bridgehead atoms. The number of nitrogens with one attached hydrogen (secondary N) is 1. The summed E-state index contributed by atoms with van der Waals surface area (Å²) in [6.07, 6.45) is 0.758. The highest BCUT2D eigenvalue weighted by molar-refractivity contribution is 7.10. The molecule has 19 heavy (non-hydrogen) atoms. The summed E-state index contributed by atoms with van der Waals surface area (Å²) in [5.74, 6) is -0.814. The van der Waals surface area contributed by atoms with Crippen molar-refractivity contribution in [2.75, 3.05) is 7.11 Å². The molecule has 1 aromatic rings. The second-order valence-corrected chi connectivity index (χ2v) is 5.37. The fourth-order valence-corrected chi connectivity index (χ4v) is 2.36. The summed E-state index contributed by atoms with van der Waals surface area (Å²) in [6, 6.07) is 2.22. The summed E-state index contributed by atoms with van der Waals surface area (Å²) in [5, 5.41) is 4.53. The van der Waals surface area contributed by atoms with E-state index in [2.05, 4.69) is 5.32 Å². The largest absolute Gasteiger partial charge is 0.467 e. The van der Waals surface area contributed by atoms with E-state index < -0.39 is 18.1 Å². The molecule has 0 saturated heterocycles. The normalized spacial score (nSPS) is 15.4. The Balaban J connectivity index is 2.73. The van der Waals surface area contributed by atoms with Gasteiger partial charge in [-0.1, -0.05) is 26.3 Å². The number of hydrogen-bond acceptors (Lipinski definition) is 5. The Bertz CT molecular complexity index is 420. The monoisotopic (exact) mass is 284 g/mol. The average Bonchev–Trinajstić information content (AvgIpc) is 2.95. The van der Waals surface area contributed by atoms with Crippen molar-refractivity contribution in [2.45, 2.75) is 32.4 Å². The minimum atomic E-state index is -0.754. The van der Waals surface area contributed by atoms with Gasteiger partial charge in [-0.2, -0.15) is 0 Å². The molecular weight excluding hydrogens is 264 g/mol. The SMILES string of the molecule is CCC(C)C(NC(=O)C(N)c1cccs1)C(=O)OC. The average molecular weight is 284 g/mol. The van der Waals surface area contributed by atoms with Crippen LogP contribution in [0.5, 0.6) is 0 Å². The lowest BCUT2D eigenvalue weighted by atomic mass is 9.99. The van der Waals surface area contributed by atoms with Crippen molar-refractivity contribution in [2.24, 2.45) is 11.7 Å². The van der Waals surface area contributed by atoms with Crippen LogP contribution in [0.25, 0.3) is 0 Å². The minimum Gasteiger partial charge on any atom is -0.467 e. The summed E-state index contributed by atoms with van der Waals surface area (Å²) < 4.78 is 4.71. The van der Waals surface area contributed by atoms with E-state index in [0.717, 1.165) is 11.3 Å². The van der Waals surface area contributed by atoms with Crippen LogP contribution in [-0.4, -0.2) is 25.0 Å². The maximum absolute atomic E-state index is 12.1. The number of carbonyl (C=O) groups is 2. The Hall–Kier alpha value is -1.40. The van der Waals surface area contributed by atoms with Crippen LogP contribution in [0.1, 0.15) is 31.2 Å². The Labute approximate surface area is 117 Å². The third kappa shape index (κ3) is 4.04. The number of rotatable bonds is 6. The highest BCUT2D eigenvalue weighted by Crippen LogP contribution is 2.18. The summed E-state index contributed by atoms with van der Waals surface area (Å²) in [5.41, 5.74) is 5.86. The van der Waals surface area contributed by atoms with Crippen LogP contribution in [0.4, 0.5) is 0 Å². The number of ether oxygens (including phenoxy) is 1. The molecular formula is C13H20N2O3S. The Morgan fingerprint density at radius 1 is 1.53 bits per heavy atom. The number of carbonyl (C=O) groups excluding carboxylic acids is 2. The highest BCUT2D eigenvalue weighted by atomic mass is 32.1. The van der Waals surface area contributed by atoms with Gasteiger partial charge in [-0.15, -0.1) is 11.3 Å². The van der Waals surface area contributed by atoms with E-state index >= 15 is 0 Å².